The molecule has 1 aromatic heterocycles. The Morgan fingerprint density at radius 3 is 2.61 bits per heavy atom. The third-order valence-electron chi connectivity index (χ3n) is 2.50. The molecular weight excluding hydrogens is 232 g/mol. The van der Waals surface area contributed by atoms with E-state index < -0.39 is 0 Å². The van der Waals surface area contributed by atoms with Gasteiger partial charge in [0.15, 0.2) is 5.82 Å². The minimum atomic E-state index is -0.370. The molecule has 0 spiro atoms. The van der Waals surface area contributed by atoms with Crippen molar-refractivity contribution in [1.29, 1.82) is 0 Å². The van der Waals surface area contributed by atoms with Gasteiger partial charge in [-0.05, 0) is 27.2 Å². The lowest BCUT2D eigenvalue weighted by Crippen LogP contribution is -2.14. The van der Waals surface area contributed by atoms with Crippen LogP contribution in [0.4, 0.5) is 0 Å². The summed E-state index contributed by atoms with van der Waals surface area (Å²) < 4.78 is 10.4. The van der Waals surface area contributed by atoms with Crippen molar-refractivity contribution in [3.05, 3.63) is 23.3 Å². The smallest absolute Gasteiger partial charge is 0.341 e. The zero-order valence-corrected chi connectivity index (χ0v) is 11.4. The Labute approximate surface area is 108 Å². The quantitative estimate of drug-likeness (QED) is 0.727. The highest BCUT2D eigenvalue weighted by Crippen LogP contribution is 2.15. The molecule has 0 aliphatic heterocycles. The zero-order valence-electron chi connectivity index (χ0n) is 11.4. The molecular formula is C13H20N2O3. The molecule has 0 N–H and O–H groups in total. The second-order valence-corrected chi connectivity index (χ2v) is 3.76. The van der Waals surface area contributed by atoms with E-state index in [9.17, 15) is 4.79 Å². The molecule has 0 bridgehead atoms. The van der Waals surface area contributed by atoms with Crippen molar-refractivity contribution in [2.45, 2.75) is 40.2 Å². The summed E-state index contributed by atoms with van der Waals surface area (Å²) in [6.45, 7) is 8.48. The fraction of sp³-hybridized carbons (Fsp3) is 0.615. The van der Waals surface area contributed by atoms with Crippen LogP contribution in [0.25, 0.3) is 0 Å². The average molecular weight is 252 g/mol. The van der Waals surface area contributed by atoms with Gasteiger partial charge < -0.3 is 9.47 Å². The monoisotopic (exact) mass is 252 g/mol. The van der Waals surface area contributed by atoms with E-state index in [1.807, 2.05) is 20.8 Å². The van der Waals surface area contributed by atoms with Gasteiger partial charge in [0.2, 0.25) is 0 Å². The van der Waals surface area contributed by atoms with Crippen LogP contribution >= 0.6 is 0 Å². The summed E-state index contributed by atoms with van der Waals surface area (Å²) in [4.78, 5) is 20.2. The number of nitrogens with zero attached hydrogens (tertiary/aromatic N) is 2. The number of ether oxygens (including phenoxy) is 2. The van der Waals surface area contributed by atoms with Crippen LogP contribution in [-0.2, 0) is 15.9 Å². The minimum absolute atomic E-state index is 0.170. The van der Waals surface area contributed by atoms with E-state index in [0.29, 0.717) is 36.7 Å². The third-order valence-corrected chi connectivity index (χ3v) is 2.50. The van der Waals surface area contributed by atoms with E-state index in [1.54, 1.807) is 6.92 Å². The van der Waals surface area contributed by atoms with Gasteiger partial charge in [-0.15, -0.1) is 0 Å². The molecule has 100 valence electrons. The van der Waals surface area contributed by atoms with Crippen LogP contribution in [0.2, 0.25) is 0 Å². The van der Waals surface area contributed by atoms with E-state index in [-0.39, 0.29) is 12.1 Å². The number of carbonyl (C=O) groups excluding carboxylic acids is 1. The number of esters is 1. The summed E-state index contributed by atoms with van der Waals surface area (Å²) >= 11 is 0. The molecule has 0 radical (unpaired) electrons. The van der Waals surface area contributed by atoms with Crippen molar-refractivity contribution in [3.63, 3.8) is 0 Å². The molecule has 1 heterocycles. The molecule has 5 heteroatoms. The van der Waals surface area contributed by atoms with Gasteiger partial charge in [-0.3, -0.25) is 0 Å². The van der Waals surface area contributed by atoms with Crippen LogP contribution in [-0.4, -0.2) is 29.2 Å². The molecule has 0 amide bonds. The molecule has 5 nitrogen and oxygen atoms in total. The van der Waals surface area contributed by atoms with Gasteiger partial charge in [-0.25, -0.2) is 14.8 Å². The first-order valence-electron chi connectivity index (χ1n) is 6.28. The Hall–Kier alpha value is -1.49. The molecule has 0 fully saturated rings. The van der Waals surface area contributed by atoms with Gasteiger partial charge in [-0.2, -0.15) is 0 Å². The summed E-state index contributed by atoms with van der Waals surface area (Å²) in [5.41, 5.74) is 1.14. The van der Waals surface area contributed by atoms with Crippen LogP contribution < -0.4 is 0 Å². The predicted molar refractivity (Wildman–Crippen MR) is 67.4 cm³/mol. The number of rotatable bonds is 6. The van der Waals surface area contributed by atoms with Gasteiger partial charge >= 0.3 is 5.97 Å². The largest absolute Gasteiger partial charge is 0.462 e. The zero-order chi connectivity index (χ0) is 13.5. The Morgan fingerprint density at radius 2 is 2.06 bits per heavy atom. The number of hydrogen-bond acceptors (Lipinski definition) is 5. The van der Waals surface area contributed by atoms with Gasteiger partial charge in [0.05, 0.1) is 17.9 Å². The lowest BCUT2D eigenvalue weighted by Gasteiger charge is -2.12. The first-order valence-corrected chi connectivity index (χ1v) is 6.28. The van der Waals surface area contributed by atoms with Gasteiger partial charge in [-0.1, -0.05) is 6.92 Å². The van der Waals surface area contributed by atoms with Gasteiger partial charge in [0, 0.05) is 12.8 Å². The number of aryl methyl sites for hydroxylation is 1. The Bertz CT molecular complexity index is 407. The van der Waals surface area contributed by atoms with Crippen LogP contribution in [0, 0.1) is 0 Å². The van der Waals surface area contributed by atoms with Gasteiger partial charge in [0.1, 0.15) is 6.10 Å². The molecule has 1 aromatic rings. The molecule has 0 aliphatic carbocycles. The average Bonchev–Trinajstić information content (AvgIpc) is 2.38. The maximum absolute atomic E-state index is 11.7. The normalized spacial score (nSPS) is 12.2. The summed E-state index contributed by atoms with van der Waals surface area (Å²) in [5.74, 6) is 0.228. The molecule has 0 saturated heterocycles. The number of carbonyl (C=O) groups is 1. The first kappa shape index (κ1) is 14.6. The highest BCUT2D eigenvalue weighted by atomic mass is 16.5. The van der Waals surface area contributed by atoms with Crippen LogP contribution in [0.3, 0.4) is 0 Å². The maximum atomic E-state index is 11.7. The first-order chi connectivity index (χ1) is 8.63. The predicted octanol–water partition coefficient (Wildman–Crippen LogP) is 2.31. The maximum Gasteiger partial charge on any atom is 0.341 e. The standard InChI is InChI=1S/C13H20N2O3/c1-5-11-10(13(16)18-7-3)8-14-12(15-11)9(4)17-6-2/h8-9H,5-7H2,1-4H3. The van der Waals surface area contributed by atoms with E-state index in [2.05, 4.69) is 9.97 Å². The molecule has 0 aromatic carbocycles. The van der Waals surface area contributed by atoms with Crippen molar-refractivity contribution in [2.75, 3.05) is 13.2 Å². The molecule has 1 unspecified atom stereocenters. The van der Waals surface area contributed by atoms with Gasteiger partial charge in [0.25, 0.3) is 0 Å². The molecule has 1 rings (SSSR count). The highest BCUT2D eigenvalue weighted by Gasteiger charge is 2.16. The van der Waals surface area contributed by atoms with E-state index in [0.717, 1.165) is 0 Å². The molecule has 0 saturated carbocycles. The molecule has 1 atom stereocenters. The summed E-state index contributed by atoms with van der Waals surface area (Å²) in [7, 11) is 0. The third kappa shape index (κ3) is 3.50. The number of hydrogen-bond donors (Lipinski definition) is 0. The minimum Gasteiger partial charge on any atom is -0.462 e. The fourth-order valence-electron chi connectivity index (χ4n) is 1.60. The summed E-state index contributed by atoms with van der Waals surface area (Å²) in [6.07, 6.45) is 2.01. The fourth-order valence-corrected chi connectivity index (χ4v) is 1.60. The van der Waals surface area contributed by atoms with E-state index >= 15 is 0 Å². The van der Waals surface area contributed by atoms with Crippen LogP contribution in [0.15, 0.2) is 6.20 Å². The Balaban J connectivity index is 2.99. The topological polar surface area (TPSA) is 61.3 Å². The second-order valence-electron chi connectivity index (χ2n) is 3.76. The number of aromatic nitrogens is 2. The van der Waals surface area contributed by atoms with E-state index in [1.165, 1.54) is 6.20 Å². The SMILES string of the molecule is CCOC(=O)c1cnc(C(C)OCC)nc1CC. The lowest BCUT2D eigenvalue weighted by molar-refractivity contribution is 0.0520. The van der Waals surface area contributed by atoms with Crippen molar-refractivity contribution in [2.24, 2.45) is 0 Å². The van der Waals surface area contributed by atoms with Crippen LogP contribution in [0.1, 0.15) is 55.7 Å². The molecule has 18 heavy (non-hydrogen) atoms. The van der Waals surface area contributed by atoms with Crippen molar-refractivity contribution < 1.29 is 14.3 Å². The Kier molecular flexibility index (Phi) is 5.71. The lowest BCUT2D eigenvalue weighted by atomic mass is 10.2. The second kappa shape index (κ2) is 7.06. The van der Waals surface area contributed by atoms with Crippen molar-refractivity contribution >= 4 is 5.97 Å². The van der Waals surface area contributed by atoms with Crippen molar-refractivity contribution in [3.8, 4) is 0 Å². The van der Waals surface area contributed by atoms with Crippen molar-refractivity contribution in [1.82, 2.24) is 9.97 Å². The van der Waals surface area contributed by atoms with E-state index in [4.69, 9.17) is 9.47 Å². The highest BCUT2D eigenvalue weighted by molar-refractivity contribution is 5.90. The van der Waals surface area contributed by atoms with Crippen LogP contribution in [0.5, 0.6) is 0 Å². The summed E-state index contributed by atoms with van der Waals surface area (Å²) in [5, 5.41) is 0. The Morgan fingerprint density at radius 1 is 1.33 bits per heavy atom. The summed E-state index contributed by atoms with van der Waals surface area (Å²) in [6, 6.07) is 0. The molecule has 0 aliphatic rings.